The number of rotatable bonds is 2. The van der Waals surface area contributed by atoms with Gasteiger partial charge in [-0.05, 0) is 26.7 Å². The van der Waals surface area contributed by atoms with Crippen LogP contribution in [0.1, 0.15) is 58.8 Å². The van der Waals surface area contributed by atoms with Gasteiger partial charge in [0.05, 0.1) is 12.7 Å². The van der Waals surface area contributed by atoms with Gasteiger partial charge in [0.2, 0.25) is 0 Å². The predicted molar refractivity (Wildman–Crippen MR) is 75.7 cm³/mol. The molecule has 1 heterocycles. The van der Waals surface area contributed by atoms with E-state index in [0.717, 1.165) is 19.7 Å². The SMILES string of the molecule is CC1CN(C2(CN)CCCCCCC2)C(C)CO1. The van der Waals surface area contributed by atoms with Crippen LogP contribution in [0.15, 0.2) is 0 Å². The van der Waals surface area contributed by atoms with Crippen LogP contribution in [-0.2, 0) is 4.74 Å². The zero-order chi connectivity index (χ0) is 13.0. The van der Waals surface area contributed by atoms with E-state index in [1.165, 1.54) is 44.9 Å². The summed E-state index contributed by atoms with van der Waals surface area (Å²) in [6.07, 6.45) is 9.78. The fourth-order valence-electron chi connectivity index (χ4n) is 3.74. The first kappa shape index (κ1) is 14.3. The third-order valence-corrected chi connectivity index (χ3v) is 4.88. The minimum atomic E-state index is 0.248. The molecule has 0 spiro atoms. The second-order valence-electron chi connectivity index (χ2n) is 6.34. The summed E-state index contributed by atoms with van der Waals surface area (Å²) < 4.78 is 5.77. The molecule has 3 heteroatoms. The summed E-state index contributed by atoms with van der Waals surface area (Å²) >= 11 is 0. The molecule has 1 aliphatic heterocycles. The van der Waals surface area contributed by atoms with Crippen LogP contribution in [0.3, 0.4) is 0 Å². The summed E-state index contributed by atoms with van der Waals surface area (Å²) in [6, 6.07) is 0.518. The molecular weight excluding hydrogens is 224 g/mol. The van der Waals surface area contributed by atoms with Gasteiger partial charge in [-0.1, -0.05) is 32.1 Å². The molecule has 1 saturated carbocycles. The Kier molecular flexibility index (Phi) is 5.05. The number of hydrogen-bond acceptors (Lipinski definition) is 3. The molecule has 2 N–H and O–H groups in total. The van der Waals surface area contributed by atoms with Crippen LogP contribution in [0, 0.1) is 0 Å². The van der Waals surface area contributed by atoms with Gasteiger partial charge in [0.25, 0.3) is 0 Å². The van der Waals surface area contributed by atoms with E-state index in [2.05, 4.69) is 18.7 Å². The fraction of sp³-hybridized carbons (Fsp3) is 1.00. The molecule has 3 nitrogen and oxygen atoms in total. The van der Waals surface area contributed by atoms with Gasteiger partial charge in [0, 0.05) is 24.7 Å². The standard InChI is InChI=1S/C15H30N2O/c1-13-11-18-14(2)10-17(13)15(12-16)8-6-4-3-5-7-9-15/h13-14H,3-12,16H2,1-2H3. The van der Waals surface area contributed by atoms with E-state index in [-0.39, 0.29) is 5.54 Å². The van der Waals surface area contributed by atoms with Crippen molar-refractivity contribution in [1.82, 2.24) is 4.90 Å². The summed E-state index contributed by atoms with van der Waals surface area (Å²) in [4.78, 5) is 2.67. The van der Waals surface area contributed by atoms with Crippen LogP contribution in [0.4, 0.5) is 0 Å². The highest BCUT2D eigenvalue weighted by Crippen LogP contribution is 2.34. The molecule has 0 aromatic carbocycles. The average molecular weight is 254 g/mol. The highest BCUT2D eigenvalue weighted by Gasteiger charge is 2.40. The quantitative estimate of drug-likeness (QED) is 0.823. The molecule has 2 atom stereocenters. The Morgan fingerprint density at radius 2 is 1.72 bits per heavy atom. The lowest BCUT2D eigenvalue weighted by atomic mass is 9.81. The third-order valence-electron chi connectivity index (χ3n) is 4.88. The molecule has 2 fully saturated rings. The topological polar surface area (TPSA) is 38.5 Å². The van der Waals surface area contributed by atoms with E-state index in [0.29, 0.717) is 12.1 Å². The van der Waals surface area contributed by atoms with Gasteiger partial charge < -0.3 is 10.5 Å². The van der Waals surface area contributed by atoms with E-state index in [1.807, 2.05) is 0 Å². The van der Waals surface area contributed by atoms with Crippen LogP contribution in [-0.4, -0.2) is 42.3 Å². The van der Waals surface area contributed by atoms with Crippen LogP contribution >= 0.6 is 0 Å². The maximum absolute atomic E-state index is 6.21. The second kappa shape index (κ2) is 6.36. The lowest BCUT2D eigenvalue weighted by molar-refractivity contribution is -0.0987. The molecule has 2 unspecified atom stereocenters. The monoisotopic (exact) mass is 254 g/mol. The van der Waals surface area contributed by atoms with E-state index in [1.54, 1.807) is 0 Å². The molecule has 0 bridgehead atoms. The van der Waals surface area contributed by atoms with Crippen molar-refractivity contribution >= 4 is 0 Å². The Balaban J connectivity index is 2.11. The van der Waals surface area contributed by atoms with Crippen LogP contribution < -0.4 is 5.73 Å². The van der Waals surface area contributed by atoms with Gasteiger partial charge in [-0.25, -0.2) is 0 Å². The summed E-state index contributed by atoms with van der Waals surface area (Å²) in [7, 11) is 0. The lowest BCUT2D eigenvalue weighted by Gasteiger charge is -2.51. The first-order valence-corrected chi connectivity index (χ1v) is 7.76. The zero-order valence-corrected chi connectivity index (χ0v) is 12.2. The Labute approximate surface area is 112 Å². The minimum absolute atomic E-state index is 0.248. The number of nitrogens with two attached hydrogens (primary N) is 1. The van der Waals surface area contributed by atoms with Crippen molar-refractivity contribution < 1.29 is 4.74 Å². The van der Waals surface area contributed by atoms with Gasteiger partial charge >= 0.3 is 0 Å². The summed E-state index contributed by atoms with van der Waals surface area (Å²) in [5, 5.41) is 0. The number of nitrogens with zero attached hydrogens (tertiary/aromatic N) is 1. The normalized spacial score (nSPS) is 34.8. The van der Waals surface area contributed by atoms with Gasteiger partial charge in [-0.2, -0.15) is 0 Å². The summed E-state index contributed by atoms with van der Waals surface area (Å²) in [6.45, 7) is 7.21. The minimum Gasteiger partial charge on any atom is -0.376 e. The Morgan fingerprint density at radius 1 is 1.11 bits per heavy atom. The van der Waals surface area contributed by atoms with Gasteiger partial charge in [0.15, 0.2) is 0 Å². The lowest BCUT2D eigenvalue weighted by Crippen LogP contribution is -2.62. The van der Waals surface area contributed by atoms with Gasteiger partial charge in [-0.15, -0.1) is 0 Å². The number of ether oxygens (including phenoxy) is 1. The number of hydrogen-bond donors (Lipinski definition) is 1. The van der Waals surface area contributed by atoms with Crippen molar-refractivity contribution in [3.05, 3.63) is 0 Å². The van der Waals surface area contributed by atoms with Gasteiger partial charge in [0.1, 0.15) is 0 Å². The molecular formula is C15H30N2O. The molecule has 0 aromatic rings. The van der Waals surface area contributed by atoms with Crippen molar-refractivity contribution in [2.45, 2.75) is 76.5 Å². The van der Waals surface area contributed by atoms with E-state index < -0.39 is 0 Å². The van der Waals surface area contributed by atoms with E-state index >= 15 is 0 Å². The van der Waals surface area contributed by atoms with Crippen LogP contribution in [0.25, 0.3) is 0 Å². The molecule has 0 aromatic heterocycles. The van der Waals surface area contributed by atoms with Crippen LogP contribution in [0.5, 0.6) is 0 Å². The predicted octanol–water partition coefficient (Wildman–Crippen LogP) is 2.54. The molecule has 1 saturated heterocycles. The highest BCUT2D eigenvalue weighted by molar-refractivity contribution is 4.96. The molecule has 106 valence electrons. The molecule has 2 aliphatic rings. The summed E-state index contributed by atoms with van der Waals surface area (Å²) in [5.74, 6) is 0. The largest absolute Gasteiger partial charge is 0.376 e. The van der Waals surface area contributed by atoms with E-state index in [4.69, 9.17) is 10.5 Å². The maximum Gasteiger partial charge on any atom is 0.0675 e. The average Bonchev–Trinajstić information content (AvgIpc) is 2.33. The van der Waals surface area contributed by atoms with Crippen molar-refractivity contribution in [3.63, 3.8) is 0 Å². The van der Waals surface area contributed by atoms with Crippen molar-refractivity contribution in [2.24, 2.45) is 5.73 Å². The number of morpholine rings is 1. The third kappa shape index (κ3) is 3.06. The van der Waals surface area contributed by atoms with Crippen molar-refractivity contribution in [1.29, 1.82) is 0 Å². The van der Waals surface area contributed by atoms with Crippen LogP contribution in [0.2, 0.25) is 0 Å². The fourth-order valence-corrected chi connectivity index (χ4v) is 3.74. The first-order valence-electron chi connectivity index (χ1n) is 7.76. The smallest absolute Gasteiger partial charge is 0.0675 e. The first-order chi connectivity index (χ1) is 8.68. The molecule has 0 radical (unpaired) electrons. The Morgan fingerprint density at radius 3 is 2.33 bits per heavy atom. The summed E-state index contributed by atoms with van der Waals surface area (Å²) in [5.41, 5.74) is 6.46. The van der Waals surface area contributed by atoms with E-state index in [9.17, 15) is 0 Å². The Hall–Kier alpha value is -0.120. The van der Waals surface area contributed by atoms with Crippen molar-refractivity contribution in [3.8, 4) is 0 Å². The van der Waals surface area contributed by atoms with Gasteiger partial charge in [-0.3, -0.25) is 4.90 Å². The highest BCUT2D eigenvalue weighted by atomic mass is 16.5. The zero-order valence-electron chi connectivity index (χ0n) is 12.2. The molecule has 2 rings (SSSR count). The Bertz CT molecular complexity index is 249. The van der Waals surface area contributed by atoms with Crippen molar-refractivity contribution in [2.75, 3.05) is 19.7 Å². The maximum atomic E-state index is 6.21. The molecule has 18 heavy (non-hydrogen) atoms. The second-order valence-corrected chi connectivity index (χ2v) is 6.34. The molecule has 0 amide bonds. The molecule has 1 aliphatic carbocycles.